The Morgan fingerprint density at radius 2 is 1.63 bits per heavy atom. The zero-order valence-corrected chi connectivity index (χ0v) is 32.3. The SMILES string of the molecule is CC(C)N1C(=O)N(c2c(F)cc(NCCN(CCO[Si](C)(C)C(C)(C)C)C(=O)OC(C)(C)C)cc2F)c2cc(C#N)cc(F)c2-c2cc(F)cnc21. The molecule has 2 heterocycles. The Balaban J connectivity index is 1.67. The standard InChI is InChI=1S/C37H46F4N6O4Si/c1-22(2)46-33-26(17-24(38)21-44-33)31-27(39)15-23(20-42)16-30(31)47(34(46)48)32-28(40)18-25(19-29(32)41)43-11-12-45(35(49)51-36(3,4)5)13-14-50-52(9,10)37(6,7)8/h15-19,21-22,43H,11-14H2,1-10H3. The number of nitrogens with one attached hydrogen (secondary N) is 1. The monoisotopic (exact) mass is 742 g/mol. The van der Waals surface area contributed by atoms with Gasteiger partial charge in [0.2, 0.25) is 0 Å². The van der Waals surface area contributed by atoms with E-state index in [0.29, 0.717) is 4.90 Å². The number of nitrogens with zero attached hydrogens (tertiary/aromatic N) is 5. The molecular weight excluding hydrogens is 697 g/mol. The molecule has 0 saturated carbocycles. The summed E-state index contributed by atoms with van der Waals surface area (Å²) in [5.74, 6) is -4.36. The number of nitriles is 1. The number of hydrogen-bond acceptors (Lipinski definition) is 7. The second-order valence-corrected chi connectivity index (χ2v) is 20.2. The number of halogens is 4. The molecule has 0 bridgehead atoms. The average molecular weight is 743 g/mol. The van der Waals surface area contributed by atoms with Gasteiger partial charge in [-0.1, -0.05) is 20.8 Å². The van der Waals surface area contributed by atoms with E-state index in [4.69, 9.17) is 9.16 Å². The van der Waals surface area contributed by atoms with Gasteiger partial charge in [0.1, 0.15) is 28.7 Å². The molecule has 1 N–H and O–H groups in total. The summed E-state index contributed by atoms with van der Waals surface area (Å²) in [7, 11) is -2.11. The van der Waals surface area contributed by atoms with Crippen LogP contribution in [0.1, 0.15) is 61.0 Å². The first-order chi connectivity index (χ1) is 24.1. The molecule has 0 saturated heterocycles. The van der Waals surface area contributed by atoms with E-state index in [-0.39, 0.29) is 65.2 Å². The van der Waals surface area contributed by atoms with Gasteiger partial charge in [0.25, 0.3) is 0 Å². The van der Waals surface area contributed by atoms with E-state index >= 15 is 13.2 Å². The fraction of sp³-hybridized carbons (Fsp3) is 0.459. The van der Waals surface area contributed by atoms with E-state index in [1.165, 1.54) is 4.90 Å². The lowest BCUT2D eigenvalue weighted by atomic mass is 10.00. The van der Waals surface area contributed by atoms with Crippen molar-refractivity contribution in [1.82, 2.24) is 9.88 Å². The molecule has 3 aromatic rings. The zero-order chi connectivity index (χ0) is 38.9. The number of carbonyl (C=O) groups excluding carboxylic acids is 2. The molecule has 3 amide bonds. The van der Waals surface area contributed by atoms with Crippen LogP contribution >= 0.6 is 0 Å². The summed E-state index contributed by atoms with van der Waals surface area (Å²) in [6, 6.07) is 5.01. The van der Waals surface area contributed by atoms with Gasteiger partial charge in [0, 0.05) is 42.5 Å². The second kappa shape index (κ2) is 15.1. The van der Waals surface area contributed by atoms with E-state index < -0.39 is 61.0 Å². The minimum Gasteiger partial charge on any atom is -0.444 e. The summed E-state index contributed by atoms with van der Waals surface area (Å²) in [6.07, 6.45) is 0.277. The van der Waals surface area contributed by atoms with Crippen molar-refractivity contribution in [2.75, 3.05) is 41.4 Å². The molecule has 1 aliphatic rings. The topological polar surface area (TPSA) is 111 Å². The maximum Gasteiger partial charge on any atom is 0.410 e. The highest BCUT2D eigenvalue weighted by Crippen LogP contribution is 2.47. The van der Waals surface area contributed by atoms with Crippen LogP contribution in [-0.4, -0.2) is 68.2 Å². The third kappa shape index (κ3) is 8.67. The lowest BCUT2D eigenvalue weighted by molar-refractivity contribution is 0.0230. The summed E-state index contributed by atoms with van der Waals surface area (Å²) in [4.78, 5) is 34.5. The Bertz CT molecular complexity index is 1860. The predicted molar refractivity (Wildman–Crippen MR) is 195 cm³/mol. The van der Waals surface area contributed by atoms with Gasteiger partial charge in [-0.25, -0.2) is 32.1 Å². The number of hydrogen-bond donors (Lipinski definition) is 1. The van der Waals surface area contributed by atoms with Gasteiger partial charge in [-0.05, 0) is 83.1 Å². The summed E-state index contributed by atoms with van der Waals surface area (Å²) >= 11 is 0. The predicted octanol–water partition coefficient (Wildman–Crippen LogP) is 9.33. The number of ether oxygens (including phenoxy) is 1. The molecule has 1 aliphatic heterocycles. The Morgan fingerprint density at radius 3 is 2.19 bits per heavy atom. The molecule has 0 radical (unpaired) electrons. The lowest BCUT2D eigenvalue weighted by Crippen LogP contribution is -2.45. The molecule has 280 valence electrons. The van der Waals surface area contributed by atoms with Crippen LogP contribution in [0.3, 0.4) is 0 Å². The Hall–Kier alpha value is -4.68. The second-order valence-electron chi connectivity index (χ2n) is 15.4. The van der Waals surface area contributed by atoms with E-state index in [1.807, 2.05) is 0 Å². The van der Waals surface area contributed by atoms with Crippen LogP contribution in [0.2, 0.25) is 18.1 Å². The minimum atomic E-state index is -2.11. The van der Waals surface area contributed by atoms with E-state index in [9.17, 15) is 19.2 Å². The zero-order valence-electron chi connectivity index (χ0n) is 31.3. The first kappa shape index (κ1) is 40.1. The van der Waals surface area contributed by atoms with Crippen molar-refractivity contribution in [3.8, 4) is 17.2 Å². The van der Waals surface area contributed by atoms with E-state index in [2.05, 4.69) is 44.2 Å². The van der Waals surface area contributed by atoms with E-state index in [0.717, 1.165) is 41.4 Å². The maximum absolute atomic E-state index is 16.2. The molecule has 0 atom stereocenters. The van der Waals surface area contributed by atoms with Crippen molar-refractivity contribution in [3.05, 3.63) is 65.4 Å². The Morgan fingerprint density at radius 1 is 1.00 bits per heavy atom. The molecule has 4 rings (SSSR count). The fourth-order valence-electron chi connectivity index (χ4n) is 5.36. The number of fused-ring (bicyclic) bond motifs is 3. The Labute approximate surface area is 303 Å². The lowest BCUT2D eigenvalue weighted by Gasteiger charge is -2.37. The van der Waals surface area contributed by atoms with Crippen molar-refractivity contribution >= 4 is 43.3 Å². The van der Waals surface area contributed by atoms with Crippen LogP contribution in [0.4, 0.5) is 50.0 Å². The summed E-state index contributed by atoms with van der Waals surface area (Å²) < 4.78 is 74.4. The average Bonchev–Trinajstić information content (AvgIpc) is 3.10. The highest BCUT2D eigenvalue weighted by molar-refractivity contribution is 6.74. The summed E-state index contributed by atoms with van der Waals surface area (Å²) in [5.41, 5.74) is -2.72. The van der Waals surface area contributed by atoms with Crippen molar-refractivity contribution in [2.45, 2.75) is 85.2 Å². The number of aromatic nitrogens is 1. The number of rotatable bonds is 10. The van der Waals surface area contributed by atoms with Crippen LogP contribution < -0.4 is 15.1 Å². The van der Waals surface area contributed by atoms with Crippen molar-refractivity contribution in [3.63, 3.8) is 0 Å². The van der Waals surface area contributed by atoms with Crippen molar-refractivity contribution < 1.29 is 36.3 Å². The number of urea groups is 1. The molecule has 10 nitrogen and oxygen atoms in total. The summed E-state index contributed by atoms with van der Waals surface area (Å²) in [5, 5.41) is 12.5. The van der Waals surface area contributed by atoms with Crippen molar-refractivity contribution in [2.24, 2.45) is 0 Å². The highest BCUT2D eigenvalue weighted by atomic mass is 28.4. The third-order valence-electron chi connectivity index (χ3n) is 8.92. The van der Waals surface area contributed by atoms with Crippen LogP contribution in [0.15, 0.2) is 36.5 Å². The molecule has 0 fully saturated rings. The van der Waals surface area contributed by atoms with Crippen LogP contribution in [-0.2, 0) is 9.16 Å². The fourth-order valence-corrected chi connectivity index (χ4v) is 6.39. The number of pyridine rings is 1. The van der Waals surface area contributed by atoms with Gasteiger partial charge < -0.3 is 19.4 Å². The smallest absolute Gasteiger partial charge is 0.410 e. The van der Waals surface area contributed by atoms with Crippen LogP contribution in [0.5, 0.6) is 0 Å². The molecule has 0 unspecified atom stereocenters. The first-order valence-electron chi connectivity index (χ1n) is 16.9. The highest BCUT2D eigenvalue weighted by Gasteiger charge is 2.40. The van der Waals surface area contributed by atoms with Gasteiger partial charge in [-0.15, -0.1) is 0 Å². The third-order valence-corrected chi connectivity index (χ3v) is 13.5. The first-order valence-corrected chi connectivity index (χ1v) is 19.8. The van der Waals surface area contributed by atoms with E-state index in [1.54, 1.807) is 40.7 Å². The van der Waals surface area contributed by atoms with Crippen LogP contribution in [0.25, 0.3) is 11.1 Å². The van der Waals surface area contributed by atoms with Gasteiger partial charge in [0.15, 0.2) is 20.0 Å². The number of amides is 3. The Kier molecular flexibility index (Phi) is 11.7. The minimum absolute atomic E-state index is 0.00685. The quantitative estimate of drug-likeness (QED) is 0.163. The van der Waals surface area contributed by atoms with Crippen molar-refractivity contribution in [1.29, 1.82) is 5.26 Å². The molecule has 0 spiro atoms. The van der Waals surface area contributed by atoms with Gasteiger partial charge in [-0.2, -0.15) is 5.26 Å². The van der Waals surface area contributed by atoms with Crippen LogP contribution in [0, 0.1) is 34.6 Å². The molecule has 2 aromatic carbocycles. The molecule has 0 aliphatic carbocycles. The maximum atomic E-state index is 16.2. The number of carbonyl (C=O) groups is 2. The van der Waals surface area contributed by atoms with Gasteiger partial charge in [0.05, 0.1) is 30.1 Å². The number of benzene rings is 2. The number of anilines is 4. The molecule has 15 heteroatoms. The largest absolute Gasteiger partial charge is 0.444 e. The normalized spacial score (nSPS) is 13.4. The molecule has 1 aromatic heterocycles. The van der Waals surface area contributed by atoms with Gasteiger partial charge >= 0.3 is 12.1 Å². The molecule has 52 heavy (non-hydrogen) atoms. The van der Waals surface area contributed by atoms with Gasteiger partial charge in [-0.3, -0.25) is 9.80 Å². The molecular formula is C37H46F4N6O4Si. The summed E-state index contributed by atoms with van der Waals surface area (Å²) in [6.45, 7) is 19.6.